The van der Waals surface area contributed by atoms with E-state index in [0.29, 0.717) is 17.5 Å². The van der Waals surface area contributed by atoms with Crippen molar-refractivity contribution in [2.24, 2.45) is 5.92 Å². The minimum absolute atomic E-state index is 0.0802. The Labute approximate surface area is 217 Å². The number of carbonyl (C=O) groups excluding carboxylic acids is 1. The molecule has 36 heavy (non-hydrogen) atoms. The third kappa shape index (κ3) is 5.18. The number of nitrogens with zero attached hydrogens (tertiary/aromatic N) is 2. The molecule has 1 amide bonds. The van der Waals surface area contributed by atoms with Gasteiger partial charge in [-0.15, -0.1) is 5.92 Å². The zero-order valence-electron chi connectivity index (χ0n) is 20.9. The number of ether oxygens (including phenoxy) is 2. The maximum Gasteiger partial charge on any atom is 0.411 e. The van der Waals surface area contributed by atoms with Crippen LogP contribution in [-0.2, 0) is 11.2 Å². The average molecular weight is 506 g/mol. The first-order chi connectivity index (χ1) is 17.5. The molecule has 3 heterocycles. The van der Waals surface area contributed by atoms with Crippen molar-refractivity contribution in [2.45, 2.75) is 32.2 Å². The Morgan fingerprint density at radius 1 is 1.19 bits per heavy atom. The fraction of sp³-hybridized carbons (Fsp3) is 0.414. The van der Waals surface area contributed by atoms with Crippen molar-refractivity contribution >= 4 is 28.6 Å². The smallest absolute Gasteiger partial charge is 0.411 e. The second kappa shape index (κ2) is 10.9. The van der Waals surface area contributed by atoms with Crippen LogP contribution in [0.5, 0.6) is 5.75 Å². The van der Waals surface area contributed by atoms with E-state index >= 15 is 0 Å². The predicted molar refractivity (Wildman–Crippen MR) is 143 cm³/mol. The second-order valence-corrected chi connectivity index (χ2v) is 10.1. The number of amides is 1. The highest BCUT2D eigenvalue weighted by Gasteiger charge is 2.35. The summed E-state index contributed by atoms with van der Waals surface area (Å²) >= 11 is 6.30. The molecule has 0 spiro atoms. The van der Waals surface area contributed by atoms with Crippen LogP contribution in [0.1, 0.15) is 42.6 Å². The van der Waals surface area contributed by atoms with Crippen LogP contribution in [-0.4, -0.2) is 60.8 Å². The molecule has 0 saturated carbocycles. The Morgan fingerprint density at radius 2 is 2.03 bits per heavy atom. The molecule has 1 aromatic heterocycles. The Kier molecular flexibility index (Phi) is 7.41. The van der Waals surface area contributed by atoms with Gasteiger partial charge in [-0.2, -0.15) is 0 Å². The number of hydrogen-bond donors (Lipinski definition) is 1. The summed E-state index contributed by atoms with van der Waals surface area (Å²) in [5.41, 5.74) is 4.20. The maximum atomic E-state index is 13.1. The second-order valence-electron chi connectivity index (χ2n) is 9.68. The topological polar surface area (TPSA) is 57.8 Å². The van der Waals surface area contributed by atoms with E-state index in [0.717, 1.165) is 47.5 Å². The van der Waals surface area contributed by atoms with Gasteiger partial charge in [0, 0.05) is 40.6 Å². The Hall–Kier alpha value is -3.14. The van der Waals surface area contributed by atoms with Gasteiger partial charge in [0.25, 0.3) is 0 Å². The number of aromatic amines is 1. The monoisotopic (exact) mass is 505 g/mol. The molecule has 3 aromatic rings. The van der Waals surface area contributed by atoms with E-state index in [-0.39, 0.29) is 18.7 Å². The molecular weight excluding hydrogens is 474 g/mol. The average Bonchev–Trinajstić information content (AvgIpc) is 3.25. The molecule has 2 atom stereocenters. The number of benzene rings is 2. The number of carbonyl (C=O) groups is 1. The van der Waals surface area contributed by atoms with Gasteiger partial charge in [0.15, 0.2) is 6.61 Å². The lowest BCUT2D eigenvalue weighted by Crippen LogP contribution is -2.41. The molecule has 2 unspecified atom stereocenters. The van der Waals surface area contributed by atoms with Gasteiger partial charge >= 0.3 is 6.09 Å². The molecule has 1 N–H and O–H groups in total. The summed E-state index contributed by atoms with van der Waals surface area (Å²) in [6.07, 6.45) is 2.78. The van der Waals surface area contributed by atoms with Gasteiger partial charge in [-0.05, 0) is 81.2 Å². The lowest BCUT2D eigenvalue weighted by Gasteiger charge is -2.35. The third-order valence-corrected chi connectivity index (χ3v) is 7.41. The molecule has 6 nitrogen and oxygen atoms in total. The normalized spacial score (nSPS) is 19.9. The van der Waals surface area contributed by atoms with Crippen LogP contribution in [0, 0.1) is 17.8 Å². The Balaban J connectivity index is 1.41. The van der Waals surface area contributed by atoms with Crippen LogP contribution in [0.25, 0.3) is 10.9 Å². The van der Waals surface area contributed by atoms with Crippen LogP contribution in [0.3, 0.4) is 0 Å². The van der Waals surface area contributed by atoms with Crippen LogP contribution < -0.4 is 4.74 Å². The SMILES string of the molecule is CC#CCOC(=O)N1CCc2c([nH]c3ccc(Cl)cc23)C1c1ccc(OCC2CCCN(C)C2)cc1. The van der Waals surface area contributed by atoms with Gasteiger partial charge in [0.2, 0.25) is 0 Å². The van der Waals surface area contributed by atoms with E-state index in [2.05, 4.69) is 28.8 Å². The zero-order chi connectivity index (χ0) is 25.1. The summed E-state index contributed by atoms with van der Waals surface area (Å²) in [6.45, 7) is 5.32. The number of nitrogens with one attached hydrogen (secondary N) is 1. The number of H-pyrrole nitrogens is 1. The molecule has 0 radical (unpaired) electrons. The number of likely N-dealkylation sites (tertiary alicyclic amines) is 1. The lowest BCUT2D eigenvalue weighted by atomic mass is 9.92. The fourth-order valence-corrected chi connectivity index (χ4v) is 5.60. The maximum absolute atomic E-state index is 13.1. The quantitative estimate of drug-likeness (QED) is 0.455. The summed E-state index contributed by atoms with van der Waals surface area (Å²) in [7, 11) is 2.17. The standard InChI is InChI=1S/C29H32ClN3O3/c1-3-4-16-35-29(34)33-15-13-24-25-17-22(30)9-12-26(25)31-27(24)28(33)21-7-10-23(11-8-21)36-19-20-6-5-14-32(2)18-20/h7-12,17,20,28,31H,5-6,13-16,18-19H2,1-2H3. The van der Waals surface area contributed by atoms with E-state index in [1.165, 1.54) is 24.9 Å². The van der Waals surface area contributed by atoms with Gasteiger partial charge in [-0.3, -0.25) is 4.90 Å². The van der Waals surface area contributed by atoms with Crippen molar-refractivity contribution in [3.8, 4) is 17.6 Å². The van der Waals surface area contributed by atoms with Gasteiger partial charge in [0.05, 0.1) is 6.61 Å². The Morgan fingerprint density at radius 3 is 2.81 bits per heavy atom. The van der Waals surface area contributed by atoms with Gasteiger partial charge < -0.3 is 19.4 Å². The highest BCUT2D eigenvalue weighted by Crippen LogP contribution is 2.39. The number of rotatable bonds is 5. The van der Waals surface area contributed by atoms with E-state index in [1.807, 2.05) is 42.5 Å². The molecule has 2 aliphatic rings. The van der Waals surface area contributed by atoms with Crippen LogP contribution in [0.4, 0.5) is 4.79 Å². The molecule has 188 valence electrons. The van der Waals surface area contributed by atoms with Crippen molar-refractivity contribution in [3.05, 3.63) is 64.3 Å². The Bertz CT molecular complexity index is 1290. The van der Waals surface area contributed by atoms with Crippen molar-refractivity contribution < 1.29 is 14.3 Å². The summed E-state index contributed by atoms with van der Waals surface area (Å²) in [6, 6.07) is 13.7. The molecule has 7 heteroatoms. The molecule has 2 aliphatic heterocycles. The molecule has 0 bridgehead atoms. The van der Waals surface area contributed by atoms with E-state index < -0.39 is 0 Å². The van der Waals surface area contributed by atoms with Gasteiger partial charge in [-0.25, -0.2) is 4.79 Å². The molecule has 2 aromatic carbocycles. The molecule has 0 aliphatic carbocycles. The van der Waals surface area contributed by atoms with Gasteiger partial charge in [0.1, 0.15) is 11.8 Å². The number of hydrogen-bond acceptors (Lipinski definition) is 4. The van der Waals surface area contributed by atoms with Crippen molar-refractivity contribution in [1.29, 1.82) is 0 Å². The highest BCUT2D eigenvalue weighted by molar-refractivity contribution is 6.31. The van der Waals surface area contributed by atoms with E-state index in [9.17, 15) is 4.79 Å². The zero-order valence-corrected chi connectivity index (χ0v) is 21.6. The predicted octanol–water partition coefficient (Wildman–Crippen LogP) is 5.65. The van der Waals surface area contributed by atoms with Crippen LogP contribution in [0.15, 0.2) is 42.5 Å². The fourth-order valence-electron chi connectivity index (χ4n) is 5.43. The number of halogens is 1. The molecule has 5 rings (SSSR count). The molecular formula is C29H32ClN3O3. The first kappa shape index (κ1) is 24.5. The summed E-state index contributed by atoms with van der Waals surface area (Å²) in [5.74, 6) is 6.98. The van der Waals surface area contributed by atoms with Crippen molar-refractivity contribution in [3.63, 3.8) is 0 Å². The highest BCUT2D eigenvalue weighted by atomic mass is 35.5. The number of aromatic nitrogens is 1. The van der Waals surface area contributed by atoms with Crippen LogP contribution in [0.2, 0.25) is 5.02 Å². The number of fused-ring (bicyclic) bond motifs is 3. The first-order valence-corrected chi connectivity index (χ1v) is 13.0. The summed E-state index contributed by atoms with van der Waals surface area (Å²) < 4.78 is 11.6. The minimum atomic E-state index is -0.369. The van der Waals surface area contributed by atoms with Crippen molar-refractivity contribution in [1.82, 2.24) is 14.8 Å². The van der Waals surface area contributed by atoms with E-state index in [4.69, 9.17) is 21.1 Å². The van der Waals surface area contributed by atoms with E-state index in [1.54, 1.807) is 11.8 Å². The summed E-state index contributed by atoms with van der Waals surface area (Å²) in [4.78, 5) is 20.8. The number of piperidine rings is 1. The van der Waals surface area contributed by atoms with Crippen LogP contribution >= 0.6 is 11.6 Å². The van der Waals surface area contributed by atoms with Crippen molar-refractivity contribution in [2.75, 3.05) is 39.9 Å². The first-order valence-electron chi connectivity index (χ1n) is 12.6. The van der Waals surface area contributed by atoms with Gasteiger partial charge in [-0.1, -0.05) is 29.7 Å². The summed E-state index contributed by atoms with van der Waals surface area (Å²) in [5, 5.41) is 1.80. The molecule has 1 saturated heterocycles. The third-order valence-electron chi connectivity index (χ3n) is 7.17. The largest absolute Gasteiger partial charge is 0.493 e. The lowest BCUT2D eigenvalue weighted by molar-refractivity contribution is 0.0993. The molecule has 1 fully saturated rings. The minimum Gasteiger partial charge on any atom is -0.493 e.